The number of anilines is 1. The molecule has 0 spiro atoms. The predicted octanol–water partition coefficient (Wildman–Crippen LogP) is 6.19. The van der Waals surface area contributed by atoms with Crippen molar-refractivity contribution in [3.05, 3.63) is 114 Å². The Balaban J connectivity index is 1.46. The molecule has 0 saturated carbocycles. The molecule has 4 nitrogen and oxygen atoms in total. The summed E-state index contributed by atoms with van der Waals surface area (Å²) in [5, 5.41) is 2.90. The Kier molecular flexibility index (Phi) is 6.29. The maximum atomic E-state index is 12.6. The summed E-state index contributed by atoms with van der Waals surface area (Å²) in [4.78, 5) is 12.6. The van der Waals surface area contributed by atoms with E-state index in [1.54, 1.807) is 25.3 Å². The summed E-state index contributed by atoms with van der Waals surface area (Å²) in [6, 6.07) is 32.9. The van der Waals surface area contributed by atoms with Gasteiger partial charge in [0.2, 0.25) is 0 Å². The van der Waals surface area contributed by atoms with E-state index in [0.29, 0.717) is 17.9 Å². The molecule has 154 valence electrons. The van der Waals surface area contributed by atoms with Gasteiger partial charge in [0, 0.05) is 16.8 Å². The first kappa shape index (κ1) is 20.2. The van der Waals surface area contributed by atoms with E-state index in [4.69, 9.17) is 9.47 Å². The molecule has 1 N–H and O–H groups in total. The molecule has 0 aliphatic rings. The summed E-state index contributed by atoms with van der Waals surface area (Å²) in [5.41, 5.74) is 4.38. The molecule has 0 unspecified atom stereocenters. The van der Waals surface area contributed by atoms with Crippen LogP contribution in [0.25, 0.3) is 11.1 Å². The maximum absolute atomic E-state index is 12.6. The van der Waals surface area contributed by atoms with Crippen LogP contribution in [-0.4, -0.2) is 13.0 Å². The highest BCUT2D eigenvalue weighted by atomic mass is 16.5. The van der Waals surface area contributed by atoms with Crippen LogP contribution in [0.3, 0.4) is 0 Å². The number of para-hydroxylation sites is 1. The van der Waals surface area contributed by atoms with Crippen LogP contribution in [0, 0.1) is 0 Å². The summed E-state index contributed by atoms with van der Waals surface area (Å²) >= 11 is 0. The summed E-state index contributed by atoms with van der Waals surface area (Å²) in [6.45, 7) is 0.292. The van der Waals surface area contributed by atoms with Crippen molar-refractivity contribution in [2.75, 3.05) is 12.4 Å². The van der Waals surface area contributed by atoms with Crippen molar-refractivity contribution in [2.45, 2.75) is 6.61 Å². The van der Waals surface area contributed by atoms with Crippen molar-refractivity contribution in [1.82, 2.24) is 0 Å². The quantitative estimate of drug-likeness (QED) is 0.396. The van der Waals surface area contributed by atoms with E-state index in [2.05, 4.69) is 17.4 Å². The molecule has 0 radical (unpaired) electrons. The van der Waals surface area contributed by atoms with Gasteiger partial charge in [0.15, 0.2) is 0 Å². The zero-order chi connectivity index (χ0) is 21.5. The average Bonchev–Trinajstić information content (AvgIpc) is 2.84. The summed E-state index contributed by atoms with van der Waals surface area (Å²) in [6.07, 6.45) is 0. The van der Waals surface area contributed by atoms with Crippen molar-refractivity contribution in [1.29, 1.82) is 0 Å². The van der Waals surface area contributed by atoms with Crippen molar-refractivity contribution in [3.63, 3.8) is 0 Å². The zero-order valence-corrected chi connectivity index (χ0v) is 17.2. The fourth-order valence-electron chi connectivity index (χ4n) is 3.29. The van der Waals surface area contributed by atoms with Crippen molar-refractivity contribution >= 4 is 11.6 Å². The molecule has 4 heteroatoms. The van der Waals surface area contributed by atoms with Crippen LogP contribution in [0.5, 0.6) is 11.5 Å². The van der Waals surface area contributed by atoms with Gasteiger partial charge in [-0.3, -0.25) is 4.79 Å². The Bertz CT molecular complexity index is 1140. The molecule has 0 atom stereocenters. The van der Waals surface area contributed by atoms with Crippen LogP contribution in [0.1, 0.15) is 15.9 Å². The minimum atomic E-state index is -0.178. The first-order valence-electron chi connectivity index (χ1n) is 10.0. The minimum absolute atomic E-state index is 0.178. The monoisotopic (exact) mass is 409 g/mol. The van der Waals surface area contributed by atoms with E-state index < -0.39 is 0 Å². The highest BCUT2D eigenvalue weighted by Gasteiger charge is 2.11. The lowest BCUT2D eigenvalue weighted by Gasteiger charge is -2.13. The summed E-state index contributed by atoms with van der Waals surface area (Å²) < 4.78 is 11.4. The number of hydrogen-bond donors (Lipinski definition) is 1. The third-order valence-electron chi connectivity index (χ3n) is 4.93. The molecule has 4 aromatic carbocycles. The lowest BCUT2D eigenvalue weighted by atomic mass is 10.1. The van der Waals surface area contributed by atoms with Crippen LogP contribution in [0.2, 0.25) is 0 Å². The number of rotatable bonds is 7. The van der Waals surface area contributed by atoms with E-state index >= 15 is 0 Å². The number of carbonyl (C=O) groups excluding carboxylic acids is 1. The van der Waals surface area contributed by atoms with Gasteiger partial charge < -0.3 is 14.8 Å². The van der Waals surface area contributed by atoms with Crippen molar-refractivity contribution in [2.24, 2.45) is 0 Å². The Labute approximate surface area is 182 Å². The fraction of sp³-hybridized carbons (Fsp3) is 0.0741. The standard InChI is InChI=1S/C27H23NO3/c1-30-26-17-14-22(27(29)28-24-10-6-3-7-11-24)18-23(26)19-31-25-15-12-21(13-16-25)20-8-4-2-5-9-20/h2-18H,19H2,1H3,(H,28,29). The number of carbonyl (C=O) groups is 1. The van der Waals surface area contributed by atoms with Gasteiger partial charge in [0.05, 0.1) is 7.11 Å². The van der Waals surface area contributed by atoms with Crippen LogP contribution in [0.4, 0.5) is 5.69 Å². The average molecular weight is 409 g/mol. The Morgan fingerprint density at radius 3 is 2.10 bits per heavy atom. The Morgan fingerprint density at radius 2 is 1.42 bits per heavy atom. The number of amides is 1. The molecule has 4 aromatic rings. The highest BCUT2D eigenvalue weighted by Crippen LogP contribution is 2.25. The molecule has 0 aliphatic carbocycles. The number of methoxy groups -OCH3 is 1. The van der Waals surface area contributed by atoms with E-state index in [9.17, 15) is 4.79 Å². The zero-order valence-electron chi connectivity index (χ0n) is 17.2. The first-order chi connectivity index (χ1) is 15.2. The minimum Gasteiger partial charge on any atom is -0.496 e. The maximum Gasteiger partial charge on any atom is 0.255 e. The molecule has 0 aromatic heterocycles. The smallest absolute Gasteiger partial charge is 0.255 e. The topological polar surface area (TPSA) is 47.6 Å². The van der Waals surface area contributed by atoms with Gasteiger partial charge in [-0.2, -0.15) is 0 Å². The van der Waals surface area contributed by atoms with E-state index in [-0.39, 0.29) is 5.91 Å². The van der Waals surface area contributed by atoms with Crippen LogP contribution >= 0.6 is 0 Å². The van der Waals surface area contributed by atoms with Crippen LogP contribution in [-0.2, 0) is 6.61 Å². The largest absolute Gasteiger partial charge is 0.496 e. The van der Waals surface area contributed by atoms with E-state index in [1.165, 1.54) is 0 Å². The molecule has 0 bridgehead atoms. The molecule has 4 rings (SSSR count). The van der Waals surface area contributed by atoms with E-state index in [0.717, 1.165) is 28.1 Å². The number of nitrogens with one attached hydrogen (secondary N) is 1. The van der Waals surface area contributed by atoms with Crippen molar-refractivity contribution < 1.29 is 14.3 Å². The number of benzene rings is 4. The van der Waals surface area contributed by atoms with Crippen LogP contribution < -0.4 is 14.8 Å². The number of hydrogen-bond acceptors (Lipinski definition) is 3. The molecule has 1 amide bonds. The first-order valence-corrected chi connectivity index (χ1v) is 10.0. The second-order valence-electron chi connectivity index (χ2n) is 7.03. The fourth-order valence-corrected chi connectivity index (χ4v) is 3.29. The summed E-state index contributed by atoms with van der Waals surface area (Å²) in [7, 11) is 1.61. The van der Waals surface area contributed by atoms with Gasteiger partial charge in [-0.1, -0.05) is 60.7 Å². The molecular weight excluding hydrogens is 386 g/mol. The van der Waals surface area contributed by atoms with Gasteiger partial charge in [-0.15, -0.1) is 0 Å². The molecule has 31 heavy (non-hydrogen) atoms. The van der Waals surface area contributed by atoms with Crippen molar-refractivity contribution in [3.8, 4) is 22.6 Å². The number of ether oxygens (including phenoxy) is 2. The highest BCUT2D eigenvalue weighted by molar-refractivity contribution is 6.04. The van der Waals surface area contributed by atoms with E-state index in [1.807, 2.05) is 72.8 Å². The molecular formula is C27H23NO3. The van der Waals surface area contributed by atoms with Crippen LogP contribution in [0.15, 0.2) is 103 Å². The third-order valence-corrected chi connectivity index (χ3v) is 4.93. The second kappa shape index (κ2) is 9.63. The van der Waals surface area contributed by atoms with Gasteiger partial charge in [0.1, 0.15) is 18.1 Å². The lowest BCUT2D eigenvalue weighted by Crippen LogP contribution is -2.12. The van der Waals surface area contributed by atoms with Gasteiger partial charge in [0.25, 0.3) is 5.91 Å². The molecule has 0 aliphatic heterocycles. The van der Waals surface area contributed by atoms with Gasteiger partial charge in [-0.05, 0) is 53.6 Å². The van der Waals surface area contributed by atoms with Gasteiger partial charge in [-0.25, -0.2) is 0 Å². The predicted molar refractivity (Wildman–Crippen MR) is 124 cm³/mol. The lowest BCUT2D eigenvalue weighted by molar-refractivity contribution is 0.102. The second-order valence-corrected chi connectivity index (χ2v) is 7.03. The Morgan fingerprint density at radius 1 is 0.774 bits per heavy atom. The normalized spacial score (nSPS) is 10.4. The Hall–Kier alpha value is -4.05. The molecule has 0 heterocycles. The SMILES string of the molecule is COc1ccc(C(=O)Nc2ccccc2)cc1COc1ccc(-c2ccccc2)cc1. The third kappa shape index (κ3) is 5.11. The molecule has 0 saturated heterocycles. The van der Waals surface area contributed by atoms with Gasteiger partial charge >= 0.3 is 0 Å². The summed E-state index contributed by atoms with van der Waals surface area (Å²) in [5.74, 6) is 1.25. The molecule has 0 fully saturated rings.